The Morgan fingerprint density at radius 1 is 1.03 bits per heavy atom. The van der Waals surface area contributed by atoms with Gasteiger partial charge in [-0.2, -0.15) is 5.10 Å². The van der Waals surface area contributed by atoms with Crippen molar-refractivity contribution >= 4 is 62.5 Å². The molecule has 29 heavy (non-hydrogen) atoms. The van der Waals surface area contributed by atoms with Crippen LogP contribution in [0.3, 0.4) is 0 Å². The molecule has 0 bridgehead atoms. The molecular formula is C21H13ClN2O3S2. The summed E-state index contributed by atoms with van der Waals surface area (Å²) in [4.78, 5) is 25.5. The number of nitrogens with zero attached hydrogens (tertiary/aromatic N) is 1. The molecular weight excluding hydrogens is 428 g/mol. The Morgan fingerprint density at radius 2 is 1.83 bits per heavy atom. The number of halogens is 1. The number of hydrogen-bond acceptors (Lipinski definition) is 6. The van der Waals surface area contributed by atoms with Gasteiger partial charge in [0.2, 0.25) is 0 Å². The molecule has 1 N–H and O–H groups in total. The lowest BCUT2D eigenvalue weighted by atomic mass is 10.2. The number of esters is 1. The van der Waals surface area contributed by atoms with Crippen LogP contribution in [0.15, 0.2) is 71.1 Å². The first-order valence-corrected chi connectivity index (χ1v) is 10.6. The van der Waals surface area contributed by atoms with E-state index in [4.69, 9.17) is 16.3 Å². The Labute approximate surface area is 179 Å². The maximum absolute atomic E-state index is 12.7. The number of carbonyl (C=O) groups excluding carboxylic acids is 2. The monoisotopic (exact) mass is 440 g/mol. The van der Waals surface area contributed by atoms with Gasteiger partial charge in [0.05, 0.1) is 16.1 Å². The molecule has 4 rings (SSSR count). The molecule has 0 atom stereocenters. The standard InChI is InChI=1S/C21H13ClN2O3S2/c22-18-14-7-2-4-9-16(14)29-19(18)21(26)27-15-8-3-1-6-13(15)12-23-24-20(25)17-10-5-11-28-17/h1-12H,(H,24,25). The van der Waals surface area contributed by atoms with Gasteiger partial charge in [-0.1, -0.05) is 48.0 Å². The summed E-state index contributed by atoms with van der Waals surface area (Å²) in [5.74, 6) is -0.525. The second kappa shape index (κ2) is 8.57. The number of amides is 1. The zero-order valence-corrected chi connectivity index (χ0v) is 17.2. The number of thiophene rings is 2. The van der Waals surface area contributed by atoms with Gasteiger partial charge in [-0.3, -0.25) is 4.79 Å². The van der Waals surface area contributed by atoms with Gasteiger partial charge in [0, 0.05) is 15.6 Å². The topological polar surface area (TPSA) is 67.8 Å². The third kappa shape index (κ3) is 4.22. The van der Waals surface area contributed by atoms with Crippen molar-refractivity contribution in [1.82, 2.24) is 5.43 Å². The predicted octanol–water partition coefficient (Wildman–Crippen LogP) is 5.60. The van der Waals surface area contributed by atoms with E-state index in [0.29, 0.717) is 26.1 Å². The highest BCUT2D eigenvalue weighted by Gasteiger charge is 2.19. The lowest BCUT2D eigenvalue weighted by Crippen LogP contribution is -2.16. The van der Waals surface area contributed by atoms with Crippen LogP contribution in [0.5, 0.6) is 5.75 Å². The molecule has 0 saturated heterocycles. The van der Waals surface area contributed by atoms with E-state index < -0.39 is 5.97 Å². The van der Waals surface area contributed by atoms with Gasteiger partial charge in [-0.05, 0) is 29.6 Å². The molecule has 0 aliphatic heterocycles. The molecule has 4 aromatic rings. The highest BCUT2D eigenvalue weighted by atomic mass is 35.5. The van der Waals surface area contributed by atoms with Crippen LogP contribution in [0.1, 0.15) is 24.9 Å². The van der Waals surface area contributed by atoms with Crippen LogP contribution in [0.4, 0.5) is 0 Å². The maximum atomic E-state index is 12.7. The van der Waals surface area contributed by atoms with Gasteiger partial charge in [0.1, 0.15) is 10.6 Å². The molecule has 2 heterocycles. The highest BCUT2D eigenvalue weighted by Crippen LogP contribution is 2.35. The molecule has 0 aliphatic carbocycles. The van der Waals surface area contributed by atoms with Gasteiger partial charge < -0.3 is 4.74 Å². The summed E-state index contributed by atoms with van der Waals surface area (Å²) in [7, 11) is 0. The number of fused-ring (bicyclic) bond motifs is 1. The van der Waals surface area contributed by atoms with Crippen molar-refractivity contribution in [3.05, 3.63) is 86.4 Å². The summed E-state index contributed by atoms with van der Waals surface area (Å²) in [5, 5.41) is 6.97. The van der Waals surface area contributed by atoms with Crippen molar-refractivity contribution in [3.8, 4) is 5.75 Å². The van der Waals surface area contributed by atoms with E-state index in [1.165, 1.54) is 28.9 Å². The van der Waals surface area contributed by atoms with Crippen LogP contribution in [-0.4, -0.2) is 18.1 Å². The normalized spacial score (nSPS) is 11.1. The molecule has 0 fully saturated rings. The van der Waals surface area contributed by atoms with Crippen molar-refractivity contribution < 1.29 is 14.3 Å². The summed E-state index contributed by atoms with van der Waals surface area (Å²) in [5.41, 5.74) is 3.00. The predicted molar refractivity (Wildman–Crippen MR) is 118 cm³/mol. The van der Waals surface area contributed by atoms with Gasteiger partial charge in [-0.25, -0.2) is 10.2 Å². The molecule has 0 aliphatic rings. The number of benzene rings is 2. The molecule has 0 radical (unpaired) electrons. The second-order valence-corrected chi connectivity index (χ2v) is 8.22. The van der Waals surface area contributed by atoms with Gasteiger partial charge in [0.15, 0.2) is 0 Å². The minimum atomic E-state index is -0.542. The van der Waals surface area contributed by atoms with Crippen LogP contribution in [0.2, 0.25) is 5.02 Å². The summed E-state index contributed by atoms with van der Waals surface area (Å²) in [6, 6.07) is 17.9. The third-order valence-corrected chi connectivity index (χ3v) is 6.48. The van der Waals surface area contributed by atoms with Crippen molar-refractivity contribution in [2.24, 2.45) is 5.10 Å². The number of para-hydroxylation sites is 1. The van der Waals surface area contributed by atoms with E-state index in [1.54, 1.807) is 36.4 Å². The van der Waals surface area contributed by atoms with E-state index in [2.05, 4.69) is 10.5 Å². The Morgan fingerprint density at radius 3 is 2.62 bits per heavy atom. The minimum Gasteiger partial charge on any atom is -0.422 e. The number of nitrogens with one attached hydrogen (secondary N) is 1. The van der Waals surface area contributed by atoms with Gasteiger partial charge in [0.25, 0.3) is 5.91 Å². The summed E-state index contributed by atoms with van der Waals surface area (Å²) < 4.78 is 6.47. The lowest BCUT2D eigenvalue weighted by Gasteiger charge is -2.06. The molecule has 1 amide bonds. The van der Waals surface area contributed by atoms with E-state index in [9.17, 15) is 9.59 Å². The largest absolute Gasteiger partial charge is 0.422 e. The number of rotatable bonds is 5. The Balaban J connectivity index is 1.52. The molecule has 5 nitrogen and oxygen atoms in total. The van der Waals surface area contributed by atoms with E-state index in [1.807, 2.05) is 29.6 Å². The molecule has 144 valence electrons. The highest BCUT2D eigenvalue weighted by molar-refractivity contribution is 7.21. The molecule has 0 saturated carbocycles. The van der Waals surface area contributed by atoms with Crippen LogP contribution in [0, 0.1) is 0 Å². The van der Waals surface area contributed by atoms with Crippen molar-refractivity contribution in [2.45, 2.75) is 0 Å². The van der Waals surface area contributed by atoms with Crippen LogP contribution < -0.4 is 10.2 Å². The maximum Gasteiger partial charge on any atom is 0.355 e. The lowest BCUT2D eigenvalue weighted by molar-refractivity contribution is 0.0739. The van der Waals surface area contributed by atoms with Crippen molar-refractivity contribution in [1.29, 1.82) is 0 Å². The fraction of sp³-hybridized carbons (Fsp3) is 0. The van der Waals surface area contributed by atoms with Gasteiger partial charge in [-0.15, -0.1) is 22.7 Å². The zero-order chi connectivity index (χ0) is 20.2. The van der Waals surface area contributed by atoms with E-state index in [-0.39, 0.29) is 5.91 Å². The smallest absolute Gasteiger partial charge is 0.355 e. The third-order valence-electron chi connectivity index (χ3n) is 3.96. The summed E-state index contributed by atoms with van der Waals surface area (Å²) in [6.07, 6.45) is 1.43. The first kappa shape index (κ1) is 19.3. The van der Waals surface area contributed by atoms with E-state index >= 15 is 0 Å². The Bertz CT molecular complexity index is 1220. The fourth-order valence-corrected chi connectivity index (χ4v) is 4.59. The fourth-order valence-electron chi connectivity index (χ4n) is 2.59. The molecule has 2 aromatic heterocycles. The van der Waals surface area contributed by atoms with Crippen molar-refractivity contribution in [2.75, 3.05) is 0 Å². The number of hydrogen-bond donors (Lipinski definition) is 1. The molecule has 0 unspecified atom stereocenters. The molecule has 8 heteroatoms. The number of hydrazone groups is 1. The first-order chi connectivity index (χ1) is 14.1. The minimum absolute atomic E-state index is 0.303. The Kier molecular flexibility index (Phi) is 5.71. The SMILES string of the molecule is O=C(NN=Cc1ccccc1OC(=O)c1sc2ccccc2c1Cl)c1cccs1. The summed E-state index contributed by atoms with van der Waals surface area (Å²) in [6.45, 7) is 0. The quantitative estimate of drug-likeness (QED) is 0.190. The average Bonchev–Trinajstić information content (AvgIpc) is 3.38. The molecule has 2 aromatic carbocycles. The first-order valence-electron chi connectivity index (χ1n) is 8.48. The number of ether oxygens (including phenoxy) is 1. The van der Waals surface area contributed by atoms with E-state index in [0.717, 1.165) is 10.1 Å². The van der Waals surface area contributed by atoms with Crippen molar-refractivity contribution in [3.63, 3.8) is 0 Å². The van der Waals surface area contributed by atoms with Crippen LogP contribution >= 0.6 is 34.3 Å². The molecule has 0 spiro atoms. The summed E-state index contributed by atoms with van der Waals surface area (Å²) >= 11 is 8.97. The average molecular weight is 441 g/mol. The Hall–Kier alpha value is -3.00. The zero-order valence-electron chi connectivity index (χ0n) is 14.8. The second-order valence-electron chi connectivity index (χ2n) is 5.85. The van der Waals surface area contributed by atoms with Gasteiger partial charge >= 0.3 is 5.97 Å². The van der Waals surface area contributed by atoms with Crippen LogP contribution in [0.25, 0.3) is 10.1 Å². The number of carbonyl (C=O) groups is 2. The van der Waals surface area contributed by atoms with Crippen LogP contribution in [-0.2, 0) is 0 Å².